The number of aryl methyl sites for hydroxylation is 1. The van der Waals surface area contributed by atoms with Gasteiger partial charge in [-0.3, -0.25) is 4.79 Å². The molecule has 0 saturated carbocycles. The first-order chi connectivity index (χ1) is 9.29. The minimum absolute atomic E-state index is 0.160. The number of hydrogen-bond donors (Lipinski definition) is 0. The van der Waals surface area contributed by atoms with Crippen LogP contribution in [0.15, 0.2) is 16.7 Å². The van der Waals surface area contributed by atoms with E-state index in [1.807, 2.05) is 28.8 Å². The maximum atomic E-state index is 12.6. The van der Waals surface area contributed by atoms with Gasteiger partial charge in [0.1, 0.15) is 5.69 Å². The lowest BCUT2D eigenvalue weighted by Crippen LogP contribution is -2.33. The third-order valence-corrected chi connectivity index (χ3v) is 4.86. The summed E-state index contributed by atoms with van der Waals surface area (Å²) in [6, 6.07) is 1.91. The van der Waals surface area contributed by atoms with Gasteiger partial charge in [0.05, 0.1) is 0 Å². The molecule has 1 aromatic rings. The molecule has 1 aromatic heterocycles. The highest BCUT2D eigenvalue weighted by molar-refractivity contribution is 9.10. The van der Waals surface area contributed by atoms with E-state index in [2.05, 4.69) is 36.7 Å². The van der Waals surface area contributed by atoms with Gasteiger partial charge in [0.25, 0.3) is 5.91 Å². The molecule has 0 radical (unpaired) electrons. The van der Waals surface area contributed by atoms with Crippen molar-refractivity contribution in [3.8, 4) is 0 Å². The Morgan fingerprint density at radius 3 is 2.55 bits per heavy atom. The predicted molar refractivity (Wildman–Crippen MR) is 85.8 cm³/mol. The molecule has 1 atom stereocenters. The van der Waals surface area contributed by atoms with Crippen LogP contribution >= 0.6 is 15.9 Å². The van der Waals surface area contributed by atoms with Crippen molar-refractivity contribution in [1.82, 2.24) is 9.47 Å². The zero-order valence-electron chi connectivity index (χ0n) is 12.9. The first-order valence-corrected chi connectivity index (χ1v) is 8.19. The topological polar surface area (TPSA) is 25.2 Å². The van der Waals surface area contributed by atoms with Gasteiger partial charge in [-0.1, -0.05) is 20.8 Å². The molecule has 0 spiro atoms. The first-order valence-electron chi connectivity index (χ1n) is 7.40. The molecule has 1 unspecified atom stereocenters. The number of carbonyl (C=O) groups excluding carboxylic acids is 1. The van der Waals surface area contributed by atoms with Gasteiger partial charge < -0.3 is 9.47 Å². The molecule has 0 N–H and O–H groups in total. The van der Waals surface area contributed by atoms with Gasteiger partial charge >= 0.3 is 0 Å². The van der Waals surface area contributed by atoms with Gasteiger partial charge in [-0.15, -0.1) is 0 Å². The van der Waals surface area contributed by atoms with Crippen molar-refractivity contribution < 1.29 is 4.79 Å². The fourth-order valence-electron chi connectivity index (χ4n) is 3.06. The molecule has 112 valence electrons. The zero-order chi connectivity index (χ0) is 14.9. The normalized spacial score (nSPS) is 20.9. The van der Waals surface area contributed by atoms with Crippen LogP contribution in [0.2, 0.25) is 0 Å². The number of nitrogens with zero attached hydrogens (tertiary/aromatic N) is 2. The summed E-state index contributed by atoms with van der Waals surface area (Å²) in [5.74, 6) is 0.869. The van der Waals surface area contributed by atoms with Crippen LogP contribution in [-0.2, 0) is 7.05 Å². The van der Waals surface area contributed by atoms with Crippen LogP contribution in [0.4, 0.5) is 0 Å². The van der Waals surface area contributed by atoms with E-state index >= 15 is 0 Å². The minimum Gasteiger partial charge on any atom is -0.345 e. The molecule has 2 rings (SSSR count). The SMILES string of the molecule is Cn1cc(Br)cc1C(=O)N1CCCC(C(C)(C)C)CC1. The van der Waals surface area contributed by atoms with Crippen molar-refractivity contribution >= 4 is 21.8 Å². The van der Waals surface area contributed by atoms with E-state index in [1.54, 1.807) is 0 Å². The van der Waals surface area contributed by atoms with Gasteiger partial charge in [-0.25, -0.2) is 0 Å². The highest BCUT2D eigenvalue weighted by Gasteiger charge is 2.29. The maximum absolute atomic E-state index is 12.6. The Morgan fingerprint density at radius 2 is 2.00 bits per heavy atom. The van der Waals surface area contributed by atoms with E-state index in [-0.39, 0.29) is 5.91 Å². The number of hydrogen-bond acceptors (Lipinski definition) is 1. The maximum Gasteiger partial charge on any atom is 0.270 e. The molecule has 4 heteroatoms. The number of carbonyl (C=O) groups is 1. The number of halogens is 1. The van der Waals surface area contributed by atoms with Gasteiger partial charge in [0.15, 0.2) is 0 Å². The molecule has 0 bridgehead atoms. The van der Waals surface area contributed by atoms with Crippen molar-refractivity contribution in [2.24, 2.45) is 18.4 Å². The van der Waals surface area contributed by atoms with Crippen LogP contribution in [-0.4, -0.2) is 28.5 Å². The molecule has 0 aliphatic carbocycles. The van der Waals surface area contributed by atoms with Gasteiger partial charge in [-0.2, -0.15) is 0 Å². The Labute approximate surface area is 130 Å². The quantitative estimate of drug-likeness (QED) is 0.756. The van der Waals surface area contributed by atoms with Crippen LogP contribution < -0.4 is 0 Å². The summed E-state index contributed by atoms with van der Waals surface area (Å²) in [4.78, 5) is 14.6. The molecule has 1 saturated heterocycles. The molecule has 1 aliphatic rings. The van der Waals surface area contributed by atoms with E-state index in [4.69, 9.17) is 0 Å². The molecule has 1 aliphatic heterocycles. The van der Waals surface area contributed by atoms with E-state index in [9.17, 15) is 4.79 Å². The van der Waals surface area contributed by atoms with Crippen LogP contribution in [0.5, 0.6) is 0 Å². The molecular weight excluding hydrogens is 316 g/mol. The molecule has 1 amide bonds. The number of likely N-dealkylation sites (tertiary alicyclic amines) is 1. The molecule has 20 heavy (non-hydrogen) atoms. The van der Waals surface area contributed by atoms with Crippen molar-refractivity contribution in [1.29, 1.82) is 0 Å². The Bertz CT molecular complexity index is 487. The first kappa shape index (κ1) is 15.6. The van der Waals surface area contributed by atoms with Crippen molar-refractivity contribution in [3.63, 3.8) is 0 Å². The molecule has 0 aromatic carbocycles. The third kappa shape index (κ3) is 3.46. The van der Waals surface area contributed by atoms with E-state index < -0.39 is 0 Å². The van der Waals surface area contributed by atoms with Crippen LogP contribution in [0.1, 0.15) is 50.5 Å². The van der Waals surface area contributed by atoms with Crippen LogP contribution in [0, 0.1) is 11.3 Å². The molecular formula is C16H25BrN2O. The lowest BCUT2D eigenvalue weighted by Gasteiger charge is -2.29. The molecule has 3 nitrogen and oxygen atoms in total. The van der Waals surface area contributed by atoms with Gasteiger partial charge in [0.2, 0.25) is 0 Å². The summed E-state index contributed by atoms with van der Waals surface area (Å²) < 4.78 is 2.86. The van der Waals surface area contributed by atoms with Crippen LogP contribution in [0.3, 0.4) is 0 Å². The number of rotatable bonds is 1. The number of aromatic nitrogens is 1. The summed E-state index contributed by atoms with van der Waals surface area (Å²) in [6.07, 6.45) is 5.38. The third-order valence-electron chi connectivity index (χ3n) is 4.43. The van der Waals surface area contributed by atoms with Crippen molar-refractivity contribution in [2.75, 3.05) is 13.1 Å². The lowest BCUT2D eigenvalue weighted by molar-refractivity contribution is 0.0746. The van der Waals surface area contributed by atoms with Crippen molar-refractivity contribution in [3.05, 3.63) is 22.4 Å². The monoisotopic (exact) mass is 340 g/mol. The van der Waals surface area contributed by atoms with E-state index in [0.717, 1.165) is 36.1 Å². The lowest BCUT2D eigenvalue weighted by atomic mass is 9.77. The summed E-state index contributed by atoms with van der Waals surface area (Å²) in [5, 5.41) is 0. The van der Waals surface area contributed by atoms with Gasteiger partial charge in [0, 0.05) is 30.8 Å². The van der Waals surface area contributed by atoms with E-state index in [1.165, 1.54) is 6.42 Å². The van der Waals surface area contributed by atoms with E-state index in [0.29, 0.717) is 11.3 Å². The predicted octanol–water partition coefficient (Wildman–Crippen LogP) is 4.08. The van der Waals surface area contributed by atoms with Gasteiger partial charge in [-0.05, 0) is 52.6 Å². The van der Waals surface area contributed by atoms with Crippen molar-refractivity contribution in [2.45, 2.75) is 40.0 Å². The molecule has 2 heterocycles. The largest absolute Gasteiger partial charge is 0.345 e. The average molecular weight is 341 g/mol. The standard InChI is InChI=1S/C16H25BrN2O/c1-16(2,3)12-6-5-8-19(9-7-12)15(20)14-10-13(17)11-18(14)4/h10-12H,5-9H2,1-4H3. The zero-order valence-corrected chi connectivity index (χ0v) is 14.5. The fourth-order valence-corrected chi connectivity index (χ4v) is 3.59. The summed E-state index contributed by atoms with van der Waals surface area (Å²) in [7, 11) is 1.92. The van der Waals surface area contributed by atoms with Crippen LogP contribution in [0.25, 0.3) is 0 Å². The summed E-state index contributed by atoms with van der Waals surface area (Å²) in [6.45, 7) is 8.69. The Kier molecular flexibility index (Phi) is 4.62. The highest BCUT2D eigenvalue weighted by Crippen LogP contribution is 2.34. The second kappa shape index (κ2) is 5.92. The smallest absolute Gasteiger partial charge is 0.270 e. The Morgan fingerprint density at radius 1 is 1.30 bits per heavy atom. The minimum atomic E-state index is 0.160. The second-order valence-electron chi connectivity index (χ2n) is 6.94. The number of amides is 1. The fraction of sp³-hybridized carbons (Fsp3) is 0.688. The summed E-state index contributed by atoms with van der Waals surface area (Å²) >= 11 is 3.43. The highest BCUT2D eigenvalue weighted by atomic mass is 79.9. The Balaban J connectivity index is 2.07. The average Bonchev–Trinajstić information content (AvgIpc) is 2.56. The summed E-state index contributed by atoms with van der Waals surface area (Å²) in [5.41, 5.74) is 1.11. The Hall–Kier alpha value is -0.770. The second-order valence-corrected chi connectivity index (χ2v) is 7.86. The molecule has 1 fully saturated rings.